The lowest BCUT2D eigenvalue weighted by atomic mass is 10.0. The average molecular weight is 367 g/mol. The van der Waals surface area contributed by atoms with Gasteiger partial charge in [0, 0.05) is 30.6 Å². The van der Waals surface area contributed by atoms with Gasteiger partial charge in [0.15, 0.2) is 0 Å². The van der Waals surface area contributed by atoms with Gasteiger partial charge in [0.1, 0.15) is 18.2 Å². The molecule has 0 aliphatic heterocycles. The average Bonchev–Trinajstić information content (AvgIpc) is 3.25. The second kappa shape index (κ2) is 8.70. The third-order valence-corrected chi connectivity index (χ3v) is 3.65. The highest BCUT2D eigenvalue weighted by Gasteiger charge is 2.18. The molecule has 7 heteroatoms. The summed E-state index contributed by atoms with van der Waals surface area (Å²) < 4.78 is 15.4. The standard InChI is InChI=1S/C17H15FN4.2ClH/c18-16-7-13(3-4-14(16)9-19)17(20)8-15-10-21-11-22(15)6-5-12-1-2-12;;/h3-4,7,10-12,17H,1-2,8,20H2;2*1H. The van der Waals surface area contributed by atoms with Crippen molar-refractivity contribution in [2.75, 3.05) is 0 Å². The summed E-state index contributed by atoms with van der Waals surface area (Å²) in [6.45, 7) is 0. The molecular formula is C17H17Cl2FN4. The Labute approximate surface area is 152 Å². The number of hydrogen-bond donors (Lipinski definition) is 1. The molecule has 0 bridgehead atoms. The minimum atomic E-state index is -0.544. The number of nitrogens with zero attached hydrogens (tertiary/aromatic N) is 3. The van der Waals surface area contributed by atoms with E-state index < -0.39 is 5.82 Å². The zero-order chi connectivity index (χ0) is 15.5. The van der Waals surface area contributed by atoms with Crippen molar-refractivity contribution in [1.82, 2.24) is 9.55 Å². The predicted molar refractivity (Wildman–Crippen MR) is 94.4 cm³/mol. The summed E-state index contributed by atoms with van der Waals surface area (Å²) in [5.41, 5.74) is 7.72. The van der Waals surface area contributed by atoms with Crippen molar-refractivity contribution < 1.29 is 4.39 Å². The molecule has 4 nitrogen and oxygen atoms in total. The van der Waals surface area contributed by atoms with Gasteiger partial charge in [-0.2, -0.15) is 5.26 Å². The Bertz CT molecular complexity index is 797. The number of imidazole rings is 1. The molecule has 126 valence electrons. The Morgan fingerprint density at radius 2 is 2.12 bits per heavy atom. The van der Waals surface area contributed by atoms with Crippen LogP contribution in [-0.2, 0) is 6.42 Å². The fourth-order valence-electron chi connectivity index (χ4n) is 2.16. The van der Waals surface area contributed by atoms with Crippen LogP contribution >= 0.6 is 24.8 Å². The van der Waals surface area contributed by atoms with E-state index in [0.717, 1.165) is 5.69 Å². The molecule has 1 atom stereocenters. The van der Waals surface area contributed by atoms with Crippen molar-refractivity contribution in [3.05, 3.63) is 53.4 Å². The minimum Gasteiger partial charge on any atom is -0.324 e. The summed E-state index contributed by atoms with van der Waals surface area (Å²) in [5.74, 6) is 3.14. The summed E-state index contributed by atoms with van der Waals surface area (Å²) in [6.07, 6.45) is 6.23. The van der Waals surface area contributed by atoms with Crippen LogP contribution in [0.1, 0.15) is 35.7 Å². The first-order chi connectivity index (χ1) is 10.7. The third kappa shape index (κ3) is 4.72. The van der Waals surface area contributed by atoms with Crippen LogP contribution in [-0.4, -0.2) is 9.55 Å². The van der Waals surface area contributed by atoms with Crippen LogP contribution in [0.3, 0.4) is 0 Å². The second-order valence-corrected chi connectivity index (χ2v) is 5.45. The van der Waals surface area contributed by atoms with E-state index in [9.17, 15) is 4.39 Å². The number of aromatic nitrogens is 2. The van der Waals surface area contributed by atoms with Gasteiger partial charge < -0.3 is 5.73 Å². The van der Waals surface area contributed by atoms with Crippen LogP contribution in [0.4, 0.5) is 4.39 Å². The molecule has 1 aliphatic rings. The molecule has 0 spiro atoms. The summed E-state index contributed by atoms with van der Waals surface area (Å²) in [6, 6.07) is 8.96. The first-order valence-electron chi connectivity index (χ1n) is 7.15. The van der Waals surface area contributed by atoms with Gasteiger partial charge in [0.05, 0.1) is 11.3 Å². The molecule has 2 aromatic rings. The quantitative estimate of drug-likeness (QED) is 0.848. The van der Waals surface area contributed by atoms with Crippen molar-refractivity contribution in [2.24, 2.45) is 11.7 Å². The van der Waals surface area contributed by atoms with Crippen molar-refractivity contribution in [1.29, 1.82) is 5.26 Å². The minimum absolute atomic E-state index is 0. The first-order valence-corrected chi connectivity index (χ1v) is 7.15. The molecule has 1 saturated carbocycles. The molecule has 1 unspecified atom stereocenters. The maximum absolute atomic E-state index is 13.7. The highest BCUT2D eigenvalue weighted by molar-refractivity contribution is 5.85. The summed E-state index contributed by atoms with van der Waals surface area (Å²) >= 11 is 0. The molecule has 2 N–H and O–H groups in total. The van der Waals surface area contributed by atoms with Gasteiger partial charge >= 0.3 is 0 Å². The monoisotopic (exact) mass is 366 g/mol. The van der Waals surface area contributed by atoms with Crippen LogP contribution in [0, 0.1) is 35.0 Å². The molecule has 1 fully saturated rings. The van der Waals surface area contributed by atoms with Crippen molar-refractivity contribution in [3.8, 4) is 18.0 Å². The number of benzene rings is 1. The Balaban J connectivity index is 0.00000144. The number of halogens is 3. The van der Waals surface area contributed by atoms with Crippen molar-refractivity contribution >= 4 is 24.8 Å². The lowest BCUT2D eigenvalue weighted by molar-refractivity contribution is 0.613. The van der Waals surface area contributed by atoms with Gasteiger partial charge in [-0.15, -0.1) is 24.8 Å². The van der Waals surface area contributed by atoms with E-state index >= 15 is 0 Å². The van der Waals surface area contributed by atoms with Gasteiger partial charge in [-0.3, -0.25) is 4.57 Å². The Morgan fingerprint density at radius 3 is 2.75 bits per heavy atom. The molecule has 1 aromatic carbocycles. The molecule has 1 heterocycles. The van der Waals surface area contributed by atoms with Crippen LogP contribution in [0.15, 0.2) is 30.7 Å². The smallest absolute Gasteiger partial charge is 0.141 e. The molecule has 1 aromatic heterocycles. The number of rotatable bonds is 3. The number of nitrogens with two attached hydrogens (primary N) is 1. The molecule has 0 amide bonds. The molecule has 0 saturated heterocycles. The molecular weight excluding hydrogens is 350 g/mol. The lowest BCUT2D eigenvalue weighted by Crippen LogP contribution is -2.15. The van der Waals surface area contributed by atoms with Crippen LogP contribution in [0.5, 0.6) is 0 Å². The van der Waals surface area contributed by atoms with E-state index in [4.69, 9.17) is 11.0 Å². The summed E-state index contributed by atoms with van der Waals surface area (Å²) in [7, 11) is 0. The van der Waals surface area contributed by atoms with E-state index in [1.54, 1.807) is 29.2 Å². The fraction of sp³-hybridized carbons (Fsp3) is 0.294. The van der Waals surface area contributed by atoms with Crippen LogP contribution in [0.2, 0.25) is 0 Å². The second-order valence-electron chi connectivity index (χ2n) is 5.45. The van der Waals surface area contributed by atoms with E-state index in [1.807, 2.05) is 0 Å². The Hall–Kier alpha value is -2.05. The fourth-order valence-corrected chi connectivity index (χ4v) is 2.16. The maximum Gasteiger partial charge on any atom is 0.141 e. The highest BCUT2D eigenvalue weighted by Crippen LogP contribution is 2.27. The van der Waals surface area contributed by atoms with Gasteiger partial charge in [-0.1, -0.05) is 12.0 Å². The van der Waals surface area contributed by atoms with E-state index in [2.05, 4.69) is 16.9 Å². The summed E-state index contributed by atoms with van der Waals surface area (Å²) in [5, 5.41) is 8.75. The predicted octanol–water partition coefficient (Wildman–Crippen LogP) is 3.20. The largest absolute Gasteiger partial charge is 0.324 e. The molecule has 3 rings (SSSR count). The van der Waals surface area contributed by atoms with E-state index in [1.165, 1.54) is 25.0 Å². The zero-order valence-corrected chi connectivity index (χ0v) is 14.4. The number of nitriles is 1. The number of hydrogen-bond acceptors (Lipinski definition) is 3. The normalized spacial score (nSPS) is 13.5. The third-order valence-electron chi connectivity index (χ3n) is 3.65. The van der Waals surface area contributed by atoms with Gasteiger partial charge in [-0.25, -0.2) is 9.37 Å². The Kier molecular flexibility index (Phi) is 7.25. The zero-order valence-electron chi connectivity index (χ0n) is 12.8. The Morgan fingerprint density at radius 1 is 1.38 bits per heavy atom. The molecule has 1 aliphatic carbocycles. The van der Waals surface area contributed by atoms with E-state index in [-0.39, 0.29) is 36.4 Å². The van der Waals surface area contributed by atoms with Gasteiger partial charge in [0.2, 0.25) is 0 Å². The lowest BCUT2D eigenvalue weighted by Gasteiger charge is -2.12. The summed E-state index contributed by atoms with van der Waals surface area (Å²) in [4.78, 5) is 4.10. The van der Waals surface area contributed by atoms with Crippen molar-refractivity contribution in [2.45, 2.75) is 25.3 Å². The van der Waals surface area contributed by atoms with E-state index in [0.29, 0.717) is 17.9 Å². The molecule has 0 radical (unpaired) electrons. The highest BCUT2D eigenvalue weighted by atomic mass is 35.5. The van der Waals surface area contributed by atoms with Crippen molar-refractivity contribution in [3.63, 3.8) is 0 Å². The molecule has 24 heavy (non-hydrogen) atoms. The SMILES string of the molecule is Cl.Cl.N#Cc1ccc(C(N)Cc2cncn2C#CC2CC2)cc1F. The van der Waals surface area contributed by atoms with Crippen LogP contribution < -0.4 is 5.73 Å². The topological polar surface area (TPSA) is 67.6 Å². The van der Waals surface area contributed by atoms with Gasteiger partial charge in [0.25, 0.3) is 0 Å². The first kappa shape index (κ1) is 20.0. The van der Waals surface area contributed by atoms with Crippen LogP contribution in [0.25, 0.3) is 0 Å². The maximum atomic E-state index is 13.7. The van der Waals surface area contributed by atoms with Gasteiger partial charge in [-0.05, 0) is 30.5 Å².